The fourth-order valence-electron chi connectivity index (χ4n) is 2.11. The lowest BCUT2D eigenvalue weighted by molar-refractivity contribution is 0.170. The predicted octanol–water partition coefficient (Wildman–Crippen LogP) is 2.09. The summed E-state index contributed by atoms with van der Waals surface area (Å²) in [5.41, 5.74) is 0.846. The van der Waals surface area contributed by atoms with Crippen molar-refractivity contribution in [1.29, 1.82) is 0 Å². The van der Waals surface area contributed by atoms with Crippen LogP contribution in [0, 0.1) is 0 Å². The van der Waals surface area contributed by atoms with E-state index in [-0.39, 0.29) is 34.9 Å². The van der Waals surface area contributed by atoms with E-state index in [0.29, 0.717) is 5.70 Å². The number of hydrogen-bond donors (Lipinski definition) is 3. The van der Waals surface area contributed by atoms with Gasteiger partial charge in [0.05, 0.1) is 11.6 Å². The number of carbonyl (C=O) groups is 1. The summed E-state index contributed by atoms with van der Waals surface area (Å²) in [7, 11) is 3.37. The molecule has 21 heavy (non-hydrogen) atoms. The van der Waals surface area contributed by atoms with Crippen molar-refractivity contribution in [2.45, 2.75) is 13.0 Å². The normalized spacial score (nSPS) is 19.3. The summed E-state index contributed by atoms with van der Waals surface area (Å²) < 4.78 is 0. The molecular weight excluding hydrogens is 272 g/mol. The average molecular weight is 290 g/mol. The second kappa shape index (κ2) is 5.40. The number of allylic oxidation sites excluding steroid dienone is 1. The number of phenols is 3. The average Bonchev–Trinajstić information content (AvgIpc) is 2.40. The van der Waals surface area contributed by atoms with Gasteiger partial charge in [-0.1, -0.05) is 0 Å². The van der Waals surface area contributed by atoms with E-state index >= 15 is 0 Å². The number of urea groups is 1. The van der Waals surface area contributed by atoms with E-state index < -0.39 is 0 Å². The number of hydrogen-bond acceptors (Lipinski definition) is 4. The van der Waals surface area contributed by atoms with Crippen molar-refractivity contribution in [3.63, 3.8) is 0 Å². The first-order chi connectivity index (χ1) is 9.81. The van der Waals surface area contributed by atoms with Crippen molar-refractivity contribution >= 4 is 12.1 Å². The summed E-state index contributed by atoms with van der Waals surface area (Å²) in [5, 5.41) is 28.7. The number of phenolic OH excluding ortho intramolecular Hbond substituents is 3. The zero-order chi connectivity index (χ0) is 15.7. The van der Waals surface area contributed by atoms with E-state index in [1.54, 1.807) is 25.1 Å². The Hall–Kier alpha value is -2.63. The minimum atomic E-state index is -0.237. The van der Waals surface area contributed by atoms with Crippen molar-refractivity contribution in [3.05, 3.63) is 35.5 Å². The Morgan fingerprint density at radius 2 is 1.67 bits per heavy atom. The fourth-order valence-corrected chi connectivity index (χ4v) is 2.11. The summed E-state index contributed by atoms with van der Waals surface area (Å²) in [6.45, 7) is 1.90. The Morgan fingerprint density at radius 1 is 1.10 bits per heavy atom. The van der Waals surface area contributed by atoms with Gasteiger partial charge < -0.3 is 20.2 Å². The lowest BCUT2D eigenvalue weighted by atomic mass is 10.1. The van der Waals surface area contributed by atoms with E-state index in [4.69, 9.17) is 0 Å². The molecule has 3 N–H and O–H groups in total. The number of nitrogens with zero attached hydrogens (tertiary/aromatic N) is 2. The van der Waals surface area contributed by atoms with Gasteiger partial charge in [-0.3, -0.25) is 4.90 Å². The third-order valence-corrected chi connectivity index (χ3v) is 3.54. The molecule has 0 fully saturated rings. The number of benzene rings is 1. The van der Waals surface area contributed by atoms with Crippen LogP contribution in [0.4, 0.5) is 4.79 Å². The Balaban J connectivity index is 2.34. The van der Waals surface area contributed by atoms with Gasteiger partial charge in [-0.2, -0.15) is 0 Å². The molecule has 0 saturated carbocycles. The molecule has 6 nitrogen and oxygen atoms in total. The van der Waals surface area contributed by atoms with Gasteiger partial charge in [0, 0.05) is 31.9 Å². The van der Waals surface area contributed by atoms with E-state index in [2.05, 4.69) is 0 Å². The number of aromatic hydroxyl groups is 3. The third kappa shape index (κ3) is 2.79. The van der Waals surface area contributed by atoms with Crippen LogP contribution in [0.15, 0.2) is 30.0 Å². The monoisotopic (exact) mass is 290 g/mol. The third-order valence-electron chi connectivity index (χ3n) is 3.54. The first-order valence-corrected chi connectivity index (χ1v) is 6.46. The molecule has 0 spiro atoms. The molecule has 1 unspecified atom stereocenters. The molecule has 1 aromatic carbocycles. The summed E-state index contributed by atoms with van der Waals surface area (Å²) in [6.07, 6.45) is 5.03. The van der Waals surface area contributed by atoms with Gasteiger partial charge in [0.1, 0.15) is 17.2 Å². The van der Waals surface area contributed by atoms with E-state index in [9.17, 15) is 20.1 Å². The molecule has 2 amide bonds. The van der Waals surface area contributed by atoms with Crippen molar-refractivity contribution in [3.8, 4) is 17.2 Å². The predicted molar refractivity (Wildman–Crippen MR) is 78.9 cm³/mol. The molecule has 0 bridgehead atoms. The molecule has 1 heterocycles. The maximum Gasteiger partial charge on any atom is 0.324 e. The second-order valence-corrected chi connectivity index (χ2v) is 5.02. The number of rotatable bonds is 2. The molecule has 0 aliphatic carbocycles. The largest absolute Gasteiger partial charge is 0.508 e. The SMILES string of the molecule is CC1C=C(C=Cc2c(O)cc(O)cc2O)N(C)C(=O)N1C. The highest BCUT2D eigenvalue weighted by molar-refractivity contribution is 5.79. The van der Waals surface area contributed by atoms with Crippen LogP contribution in [0.1, 0.15) is 12.5 Å². The van der Waals surface area contributed by atoms with Crippen molar-refractivity contribution in [1.82, 2.24) is 9.80 Å². The molecule has 0 saturated heterocycles. The highest BCUT2D eigenvalue weighted by atomic mass is 16.3. The Kier molecular flexibility index (Phi) is 3.80. The number of likely N-dealkylation sites (N-methyl/N-ethyl adjacent to an activating group) is 2. The van der Waals surface area contributed by atoms with Crippen LogP contribution in [0.2, 0.25) is 0 Å². The first kappa shape index (κ1) is 14.8. The van der Waals surface area contributed by atoms with Crippen LogP contribution in [0.3, 0.4) is 0 Å². The van der Waals surface area contributed by atoms with Gasteiger partial charge in [-0.05, 0) is 25.2 Å². The molecule has 1 aliphatic heterocycles. The van der Waals surface area contributed by atoms with E-state index in [1.807, 2.05) is 13.0 Å². The van der Waals surface area contributed by atoms with Gasteiger partial charge in [0.2, 0.25) is 0 Å². The first-order valence-electron chi connectivity index (χ1n) is 6.46. The van der Waals surface area contributed by atoms with Gasteiger partial charge in [-0.15, -0.1) is 0 Å². The second-order valence-electron chi connectivity index (χ2n) is 5.02. The van der Waals surface area contributed by atoms with Gasteiger partial charge in [-0.25, -0.2) is 4.79 Å². The van der Waals surface area contributed by atoms with Crippen molar-refractivity contribution in [2.24, 2.45) is 0 Å². The highest BCUT2D eigenvalue weighted by Crippen LogP contribution is 2.33. The Labute approximate surface area is 122 Å². The lowest BCUT2D eigenvalue weighted by Gasteiger charge is -2.34. The smallest absolute Gasteiger partial charge is 0.324 e. The Bertz CT molecular complexity index is 614. The maximum atomic E-state index is 12.0. The summed E-state index contributed by atoms with van der Waals surface area (Å²) in [4.78, 5) is 15.1. The van der Waals surface area contributed by atoms with Gasteiger partial charge in [0.15, 0.2) is 0 Å². The van der Waals surface area contributed by atoms with Crippen molar-refractivity contribution in [2.75, 3.05) is 14.1 Å². The van der Waals surface area contributed by atoms with E-state index in [1.165, 1.54) is 11.0 Å². The topological polar surface area (TPSA) is 84.2 Å². The molecular formula is C15H18N2O4. The molecule has 0 radical (unpaired) electrons. The van der Waals surface area contributed by atoms with Gasteiger partial charge in [0.25, 0.3) is 0 Å². The van der Waals surface area contributed by atoms with Crippen LogP contribution >= 0.6 is 0 Å². The van der Waals surface area contributed by atoms with E-state index in [0.717, 1.165) is 12.1 Å². The number of carbonyl (C=O) groups excluding carboxylic acids is 1. The molecule has 1 atom stereocenters. The van der Waals surface area contributed by atoms with Crippen molar-refractivity contribution < 1.29 is 20.1 Å². The molecule has 1 aromatic rings. The van der Waals surface area contributed by atoms with Gasteiger partial charge >= 0.3 is 6.03 Å². The molecule has 6 heteroatoms. The molecule has 1 aliphatic rings. The quantitative estimate of drug-likeness (QED) is 0.778. The van der Waals surface area contributed by atoms with Crippen LogP contribution in [-0.2, 0) is 0 Å². The summed E-state index contributed by atoms with van der Waals surface area (Å²) >= 11 is 0. The summed E-state index contributed by atoms with van der Waals surface area (Å²) in [5.74, 6) is -0.694. The highest BCUT2D eigenvalue weighted by Gasteiger charge is 2.25. The molecule has 2 rings (SSSR count). The zero-order valence-electron chi connectivity index (χ0n) is 12.1. The molecule has 0 aromatic heterocycles. The minimum Gasteiger partial charge on any atom is -0.508 e. The lowest BCUT2D eigenvalue weighted by Crippen LogP contribution is -2.46. The van der Waals surface area contributed by atoms with Crippen LogP contribution in [-0.4, -0.2) is 51.3 Å². The molecule has 112 valence electrons. The maximum absolute atomic E-state index is 12.0. The zero-order valence-corrected chi connectivity index (χ0v) is 12.1. The fraction of sp³-hybridized carbons (Fsp3) is 0.267. The standard InChI is InChI=1S/C15H18N2O4/c1-9-6-10(17(3)15(21)16(9)2)4-5-12-13(19)7-11(18)8-14(12)20/h4-9,18-20H,1-3H3. The van der Waals surface area contributed by atoms with Crippen LogP contribution in [0.25, 0.3) is 6.08 Å². The van der Waals surface area contributed by atoms with Crippen LogP contribution < -0.4 is 0 Å². The van der Waals surface area contributed by atoms with Crippen LogP contribution in [0.5, 0.6) is 17.2 Å². The summed E-state index contributed by atoms with van der Waals surface area (Å²) in [6, 6.07) is 2.10. The minimum absolute atomic E-state index is 0.0460. The number of amides is 2. The Morgan fingerprint density at radius 3 is 2.24 bits per heavy atom.